The van der Waals surface area contributed by atoms with Crippen LogP contribution >= 0.6 is 0 Å². The van der Waals surface area contributed by atoms with Gasteiger partial charge >= 0.3 is 5.97 Å². The largest absolute Gasteiger partial charge is 0.480 e. The van der Waals surface area contributed by atoms with Crippen LogP contribution in [0.5, 0.6) is 0 Å². The van der Waals surface area contributed by atoms with Crippen LogP contribution in [-0.2, 0) is 11.2 Å². The molecule has 0 aromatic heterocycles. The van der Waals surface area contributed by atoms with Crippen molar-refractivity contribution in [3.8, 4) is 0 Å². The first kappa shape index (κ1) is 16.5. The predicted molar refractivity (Wildman–Crippen MR) is 75.4 cm³/mol. The molecular formula is C16H12F3NO3. The molecule has 1 amide bonds. The predicted octanol–water partition coefficient (Wildman–Crippen LogP) is 2.53. The fourth-order valence-electron chi connectivity index (χ4n) is 1.97. The molecule has 1 atom stereocenters. The van der Waals surface area contributed by atoms with Gasteiger partial charge in [-0.2, -0.15) is 0 Å². The van der Waals surface area contributed by atoms with Crippen molar-refractivity contribution in [3.63, 3.8) is 0 Å². The molecule has 0 heterocycles. The second-order valence-corrected chi connectivity index (χ2v) is 4.82. The lowest BCUT2D eigenvalue weighted by atomic mass is 10.1. The topological polar surface area (TPSA) is 66.4 Å². The van der Waals surface area contributed by atoms with E-state index in [4.69, 9.17) is 5.11 Å². The molecule has 0 fully saturated rings. The Labute approximate surface area is 129 Å². The Bertz CT molecular complexity index is 732. The molecule has 0 aliphatic rings. The molecule has 0 bridgehead atoms. The van der Waals surface area contributed by atoms with Crippen molar-refractivity contribution in [1.82, 2.24) is 5.32 Å². The average Bonchev–Trinajstić information content (AvgIpc) is 2.48. The number of carboxylic acid groups (broad SMARTS) is 1. The van der Waals surface area contributed by atoms with Gasteiger partial charge < -0.3 is 10.4 Å². The van der Waals surface area contributed by atoms with E-state index in [2.05, 4.69) is 5.32 Å². The summed E-state index contributed by atoms with van der Waals surface area (Å²) in [5.74, 6) is -4.71. The Hall–Kier alpha value is -2.83. The Morgan fingerprint density at radius 2 is 1.61 bits per heavy atom. The summed E-state index contributed by atoms with van der Waals surface area (Å²) in [6, 6.07) is 6.12. The van der Waals surface area contributed by atoms with Crippen LogP contribution in [-0.4, -0.2) is 23.0 Å². The zero-order valence-corrected chi connectivity index (χ0v) is 11.7. The number of hydrogen-bond donors (Lipinski definition) is 2. The third kappa shape index (κ3) is 4.32. The Morgan fingerprint density at radius 1 is 1.00 bits per heavy atom. The molecule has 0 spiro atoms. The van der Waals surface area contributed by atoms with Crippen LogP contribution in [0.2, 0.25) is 0 Å². The van der Waals surface area contributed by atoms with Crippen molar-refractivity contribution >= 4 is 11.9 Å². The third-order valence-corrected chi connectivity index (χ3v) is 3.13. The number of nitrogens with one attached hydrogen (secondary N) is 1. The van der Waals surface area contributed by atoms with Crippen LogP contribution in [0.4, 0.5) is 13.2 Å². The number of hydrogen-bond acceptors (Lipinski definition) is 2. The molecule has 0 aliphatic heterocycles. The van der Waals surface area contributed by atoms with E-state index >= 15 is 0 Å². The summed E-state index contributed by atoms with van der Waals surface area (Å²) >= 11 is 0. The van der Waals surface area contributed by atoms with Crippen LogP contribution in [0.3, 0.4) is 0 Å². The summed E-state index contributed by atoms with van der Waals surface area (Å²) in [5, 5.41) is 11.3. The van der Waals surface area contributed by atoms with E-state index in [1.807, 2.05) is 0 Å². The lowest BCUT2D eigenvalue weighted by Gasteiger charge is -2.15. The second-order valence-electron chi connectivity index (χ2n) is 4.82. The van der Waals surface area contributed by atoms with Gasteiger partial charge in [-0.05, 0) is 29.8 Å². The van der Waals surface area contributed by atoms with E-state index in [1.165, 1.54) is 12.1 Å². The summed E-state index contributed by atoms with van der Waals surface area (Å²) in [4.78, 5) is 23.2. The first-order valence-electron chi connectivity index (χ1n) is 6.60. The number of carboxylic acids is 1. The van der Waals surface area contributed by atoms with Crippen LogP contribution in [0.25, 0.3) is 0 Å². The monoisotopic (exact) mass is 323 g/mol. The van der Waals surface area contributed by atoms with Gasteiger partial charge in [-0.15, -0.1) is 0 Å². The van der Waals surface area contributed by atoms with Gasteiger partial charge in [0.15, 0.2) is 0 Å². The van der Waals surface area contributed by atoms with Gasteiger partial charge in [0.25, 0.3) is 5.91 Å². The molecule has 2 rings (SSSR count). The van der Waals surface area contributed by atoms with Gasteiger partial charge in [0, 0.05) is 12.5 Å². The van der Waals surface area contributed by atoms with Gasteiger partial charge in [0.2, 0.25) is 0 Å². The molecule has 0 unspecified atom stereocenters. The van der Waals surface area contributed by atoms with Crippen LogP contribution in [0.1, 0.15) is 15.9 Å². The van der Waals surface area contributed by atoms with Gasteiger partial charge in [-0.25, -0.2) is 18.0 Å². The van der Waals surface area contributed by atoms with E-state index in [-0.39, 0.29) is 6.42 Å². The van der Waals surface area contributed by atoms with Gasteiger partial charge in [0.05, 0.1) is 5.56 Å². The molecule has 23 heavy (non-hydrogen) atoms. The maximum atomic E-state index is 13.5. The third-order valence-electron chi connectivity index (χ3n) is 3.13. The lowest BCUT2D eigenvalue weighted by molar-refractivity contribution is -0.139. The Kier molecular flexibility index (Phi) is 5.00. The highest BCUT2D eigenvalue weighted by Gasteiger charge is 2.22. The van der Waals surface area contributed by atoms with E-state index in [0.29, 0.717) is 11.6 Å². The van der Waals surface area contributed by atoms with E-state index in [1.54, 1.807) is 0 Å². The first-order valence-corrected chi connectivity index (χ1v) is 6.60. The van der Waals surface area contributed by atoms with Crippen molar-refractivity contribution in [3.05, 3.63) is 71.0 Å². The van der Waals surface area contributed by atoms with E-state index in [0.717, 1.165) is 24.3 Å². The maximum absolute atomic E-state index is 13.5. The smallest absolute Gasteiger partial charge is 0.326 e. The summed E-state index contributed by atoms with van der Waals surface area (Å²) in [6.07, 6.45) is -0.107. The molecule has 2 aromatic rings. The van der Waals surface area contributed by atoms with Crippen LogP contribution < -0.4 is 5.32 Å². The molecule has 0 saturated heterocycles. The molecule has 120 valence electrons. The zero-order chi connectivity index (χ0) is 17.0. The average molecular weight is 323 g/mol. The highest BCUT2D eigenvalue weighted by molar-refractivity contribution is 5.96. The quantitative estimate of drug-likeness (QED) is 0.888. The molecule has 2 aromatic carbocycles. The summed E-state index contributed by atoms with van der Waals surface area (Å²) < 4.78 is 39.2. The minimum atomic E-state index is -1.34. The first-order chi connectivity index (χ1) is 10.9. The fraction of sp³-hybridized carbons (Fsp3) is 0.125. The van der Waals surface area contributed by atoms with Gasteiger partial charge in [0.1, 0.15) is 23.5 Å². The standard InChI is InChI=1S/C16H12F3NO3/c17-10-3-1-9(2-4-10)7-14(16(22)23)20-15(21)12-6-5-11(18)8-13(12)19/h1-6,8,14H,7H2,(H,20,21)(H,22,23)/t14-/m1/s1. The van der Waals surface area contributed by atoms with Crippen molar-refractivity contribution in [2.45, 2.75) is 12.5 Å². The van der Waals surface area contributed by atoms with Crippen molar-refractivity contribution in [1.29, 1.82) is 0 Å². The Morgan fingerprint density at radius 3 is 2.17 bits per heavy atom. The van der Waals surface area contributed by atoms with Crippen molar-refractivity contribution in [2.75, 3.05) is 0 Å². The molecule has 0 aliphatic carbocycles. The molecule has 2 N–H and O–H groups in total. The molecule has 4 nitrogen and oxygen atoms in total. The SMILES string of the molecule is O=C(N[C@H](Cc1ccc(F)cc1)C(=O)O)c1ccc(F)cc1F. The fourth-order valence-corrected chi connectivity index (χ4v) is 1.97. The second kappa shape index (κ2) is 6.95. The van der Waals surface area contributed by atoms with Crippen molar-refractivity contribution < 1.29 is 27.9 Å². The summed E-state index contributed by atoms with van der Waals surface area (Å²) in [5.41, 5.74) is 0.0236. The molecule has 7 heteroatoms. The van der Waals surface area contributed by atoms with Crippen LogP contribution in [0.15, 0.2) is 42.5 Å². The number of aliphatic carboxylic acids is 1. The number of amides is 1. The minimum Gasteiger partial charge on any atom is -0.480 e. The summed E-state index contributed by atoms with van der Waals surface area (Å²) in [7, 11) is 0. The van der Waals surface area contributed by atoms with Gasteiger partial charge in [-0.3, -0.25) is 4.79 Å². The number of benzene rings is 2. The number of rotatable bonds is 5. The number of carbonyl (C=O) groups excluding carboxylic acids is 1. The molecule has 0 radical (unpaired) electrons. The Balaban J connectivity index is 2.14. The van der Waals surface area contributed by atoms with E-state index < -0.39 is 40.9 Å². The zero-order valence-electron chi connectivity index (χ0n) is 11.7. The normalized spacial score (nSPS) is 11.8. The summed E-state index contributed by atoms with van der Waals surface area (Å²) in [6.45, 7) is 0. The van der Waals surface area contributed by atoms with Crippen LogP contribution in [0, 0.1) is 17.5 Å². The van der Waals surface area contributed by atoms with E-state index in [9.17, 15) is 22.8 Å². The lowest BCUT2D eigenvalue weighted by Crippen LogP contribution is -2.42. The minimum absolute atomic E-state index is 0.107. The number of carbonyl (C=O) groups is 2. The number of halogens is 3. The molecular weight excluding hydrogens is 311 g/mol. The maximum Gasteiger partial charge on any atom is 0.326 e. The van der Waals surface area contributed by atoms with Crippen molar-refractivity contribution in [2.24, 2.45) is 0 Å². The highest BCUT2D eigenvalue weighted by Crippen LogP contribution is 2.11. The molecule has 0 saturated carbocycles. The van der Waals surface area contributed by atoms with Gasteiger partial charge in [-0.1, -0.05) is 12.1 Å². The highest BCUT2D eigenvalue weighted by atomic mass is 19.1.